The third-order valence-electron chi connectivity index (χ3n) is 1.19. The molecule has 0 fully saturated rings. The van der Waals surface area contributed by atoms with Gasteiger partial charge in [-0.05, 0) is 13.8 Å². The highest BCUT2D eigenvalue weighted by molar-refractivity contribution is 7.11. The van der Waals surface area contributed by atoms with E-state index < -0.39 is 0 Å². The molecule has 1 aromatic heterocycles. The largest absolute Gasteiger partial charge is 0.325 e. The molecule has 0 atom stereocenters. The van der Waals surface area contributed by atoms with Crippen LogP contribution in [-0.4, -0.2) is 4.98 Å². The molecular weight excluding hydrogens is 203 g/mol. The molecule has 2 nitrogen and oxygen atoms in total. The van der Waals surface area contributed by atoms with E-state index in [1.165, 1.54) is 4.88 Å². The molecule has 0 radical (unpaired) electrons. The third kappa shape index (κ3) is 3.38. The van der Waals surface area contributed by atoms with E-state index in [-0.39, 0.29) is 24.8 Å². The van der Waals surface area contributed by atoms with Gasteiger partial charge in [0.1, 0.15) is 0 Å². The number of nitrogens with two attached hydrogens (primary N) is 1. The van der Waals surface area contributed by atoms with Crippen molar-refractivity contribution < 1.29 is 0 Å². The van der Waals surface area contributed by atoms with Crippen molar-refractivity contribution in [1.29, 1.82) is 0 Å². The molecule has 0 aliphatic rings. The molecule has 0 amide bonds. The molecule has 0 aliphatic heterocycles. The quantitative estimate of drug-likeness (QED) is 0.778. The van der Waals surface area contributed by atoms with Gasteiger partial charge in [-0.3, -0.25) is 0 Å². The molecule has 0 saturated carbocycles. The minimum absolute atomic E-state index is 0. The van der Waals surface area contributed by atoms with Gasteiger partial charge in [-0.1, -0.05) is 0 Å². The third-order valence-corrected chi connectivity index (χ3v) is 2.12. The van der Waals surface area contributed by atoms with Gasteiger partial charge in [0.2, 0.25) is 0 Å². The van der Waals surface area contributed by atoms with Gasteiger partial charge in [0.05, 0.1) is 10.7 Å². The summed E-state index contributed by atoms with van der Waals surface area (Å²) in [7, 11) is 0. The standard InChI is InChI=1S/C6H10N2S.2ClH/c1-4-6(3-7)8-5(2)9-4;;/h3,7H2,1-2H3;2*1H. The zero-order valence-corrected chi connectivity index (χ0v) is 8.91. The number of aromatic nitrogens is 1. The van der Waals surface area contributed by atoms with Crippen LogP contribution in [0.4, 0.5) is 0 Å². The number of hydrogen-bond acceptors (Lipinski definition) is 3. The van der Waals surface area contributed by atoms with Crippen LogP contribution in [-0.2, 0) is 6.54 Å². The first-order chi connectivity index (χ1) is 4.24. The van der Waals surface area contributed by atoms with Gasteiger partial charge in [-0.25, -0.2) is 4.98 Å². The van der Waals surface area contributed by atoms with Gasteiger partial charge in [0, 0.05) is 11.4 Å². The zero-order valence-electron chi connectivity index (χ0n) is 6.46. The predicted octanol–water partition coefficient (Wildman–Crippen LogP) is 2.06. The molecule has 1 aromatic rings. The second-order valence-electron chi connectivity index (χ2n) is 1.94. The lowest BCUT2D eigenvalue weighted by Crippen LogP contribution is -1.97. The Kier molecular flexibility index (Phi) is 7.21. The van der Waals surface area contributed by atoms with Gasteiger partial charge in [0.15, 0.2) is 0 Å². The molecule has 0 spiro atoms. The Morgan fingerprint density at radius 1 is 1.36 bits per heavy atom. The summed E-state index contributed by atoms with van der Waals surface area (Å²) in [4.78, 5) is 5.47. The second-order valence-corrected chi connectivity index (χ2v) is 3.35. The molecule has 0 bridgehead atoms. The lowest BCUT2D eigenvalue weighted by molar-refractivity contribution is 0.985. The maximum absolute atomic E-state index is 5.41. The number of halogens is 2. The van der Waals surface area contributed by atoms with Crippen molar-refractivity contribution in [2.24, 2.45) is 5.73 Å². The fourth-order valence-electron chi connectivity index (χ4n) is 0.761. The summed E-state index contributed by atoms with van der Waals surface area (Å²) in [6, 6.07) is 0. The summed E-state index contributed by atoms with van der Waals surface area (Å²) in [6.07, 6.45) is 0. The van der Waals surface area contributed by atoms with E-state index in [2.05, 4.69) is 4.98 Å². The number of aryl methyl sites for hydroxylation is 2. The molecule has 66 valence electrons. The van der Waals surface area contributed by atoms with E-state index in [0.717, 1.165) is 10.7 Å². The van der Waals surface area contributed by atoms with E-state index in [0.29, 0.717) is 6.54 Å². The Labute approximate surface area is 83.0 Å². The first-order valence-electron chi connectivity index (χ1n) is 2.87. The van der Waals surface area contributed by atoms with Crippen LogP contribution in [0, 0.1) is 13.8 Å². The number of thiazole rings is 1. The van der Waals surface area contributed by atoms with Crippen LogP contribution < -0.4 is 5.73 Å². The monoisotopic (exact) mass is 214 g/mol. The van der Waals surface area contributed by atoms with Crippen LogP contribution in [0.5, 0.6) is 0 Å². The molecular formula is C6H12Cl2N2S. The lowest BCUT2D eigenvalue weighted by Gasteiger charge is -1.86. The van der Waals surface area contributed by atoms with Crippen molar-refractivity contribution in [3.63, 3.8) is 0 Å². The van der Waals surface area contributed by atoms with Gasteiger partial charge in [-0.15, -0.1) is 36.2 Å². The number of nitrogens with zero attached hydrogens (tertiary/aromatic N) is 1. The van der Waals surface area contributed by atoms with Gasteiger partial charge >= 0.3 is 0 Å². The Hall–Kier alpha value is 0.170. The van der Waals surface area contributed by atoms with Crippen LogP contribution in [0.2, 0.25) is 0 Å². The summed E-state index contributed by atoms with van der Waals surface area (Å²) >= 11 is 1.70. The van der Waals surface area contributed by atoms with Crippen molar-refractivity contribution in [1.82, 2.24) is 4.98 Å². The van der Waals surface area contributed by atoms with E-state index in [9.17, 15) is 0 Å². The summed E-state index contributed by atoms with van der Waals surface area (Å²) < 4.78 is 0. The zero-order chi connectivity index (χ0) is 6.85. The highest BCUT2D eigenvalue weighted by atomic mass is 35.5. The Balaban J connectivity index is 0. The first kappa shape index (κ1) is 13.7. The lowest BCUT2D eigenvalue weighted by atomic mass is 10.4. The Morgan fingerprint density at radius 3 is 2.09 bits per heavy atom. The fraction of sp³-hybridized carbons (Fsp3) is 0.500. The van der Waals surface area contributed by atoms with E-state index in [1.807, 2.05) is 13.8 Å². The van der Waals surface area contributed by atoms with Crippen molar-refractivity contribution in [3.05, 3.63) is 15.6 Å². The van der Waals surface area contributed by atoms with Gasteiger partial charge in [0.25, 0.3) is 0 Å². The van der Waals surface area contributed by atoms with Crippen molar-refractivity contribution in [2.75, 3.05) is 0 Å². The molecule has 2 N–H and O–H groups in total. The number of rotatable bonds is 1. The number of hydrogen-bond donors (Lipinski definition) is 1. The maximum Gasteiger partial charge on any atom is 0.0900 e. The first-order valence-corrected chi connectivity index (χ1v) is 3.68. The molecule has 0 saturated heterocycles. The van der Waals surface area contributed by atoms with Crippen molar-refractivity contribution in [3.8, 4) is 0 Å². The minimum atomic E-state index is 0. The average molecular weight is 215 g/mol. The van der Waals surface area contributed by atoms with Crippen LogP contribution in [0.15, 0.2) is 0 Å². The van der Waals surface area contributed by atoms with E-state index in [1.54, 1.807) is 11.3 Å². The molecule has 0 unspecified atom stereocenters. The SMILES string of the molecule is Cc1nc(CN)c(C)s1.Cl.Cl. The second kappa shape index (κ2) is 5.77. The Bertz CT molecular complexity index is 212. The smallest absolute Gasteiger partial charge is 0.0900 e. The highest BCUT2D eigenvalue weighted by Gasteiger charge is 1.99. The minimum Gasteiger partial charge on any atom is -0.325 e. The van der Waals surface area contributed by atoms with Crippen LogP contribution in [0.3, 0.4) is 0 Å². The van der Waals surface area contributed by atoms with E-state index >= 15 is 0 Å². The normalized spacial score (nSPS) is 8.27. The van der Waals surface area contributed by atoms with E-state index in [4.69, 9.17) is 5.73 Å². The van der Waals surface area contributed by atoms with Crippen molar-refractivity contribution in [2.45, 2.75) is 20.4 Å². The Morgan fingerprint density at radius 2 is 1.91 bits per heavy atom. The summed E-state index contributed by atoms with van der Waals surface area (Å²) in [5.74, 6) is 0. The fourth-order valence-corrected chi connectivity index (χ4v) is 1.61. The van der Waals surface area contributed by atoms with Gasteiger partial charge < -0.3 is 5.73 Å². The summed E-state index contributed by atoms with van der Waals surface area (Å²) in [5.41, 5.74) is 6.45. The predicted molar refractivity (Wildman–Crippen MR) is 54.0 cm³/mol. The molecule has 1 heterocycles. The highest BCUT2D eigenvalue weighted by Crippen LogP contribution is 2.14. The molecule has 5 heteroatoms. The molecule has 0 aliphatic carbocycles. The summed E-state index contributed by atoms with van der Waals surface area (Å²) in [5, 5.41) is 1.10. The summed E-state index contributed by atoms with van der Waals surface area (Å²) in [6.45, 7) is 4.61. The van der Waals surface area contributed by atoms with Crippen molar-refractivity contribution >= 4 is 36.2 Å². The van der Waals surface area contributed by atoms with Crippen LogP contribution in [0.25, 0.3) is 0 Å². The molecule has 11 heavy (non-hydrogen) atoms. The van der Waals surface area contributed by atoms with Crippen LogP contribution in [0.1, 0.15) is 15.6 Å². The van der Waals surface area contributed by atoms with Gasteiger partial charge in [-0.2, -0.15) is 0 Å². The van der Waals surface area contributed by atoms with Crippen LogP contribution >= 0.6 is 36.2 Å². The average Bonchev–Trinajstić information content (AvgIpc) is 2.10. The maximum atomic E-state index is 5.41. The molecule has 0 aromatic carbocycles. The molecule has 1 rings (SSSR count). The topological polar surface area (TPSA) is 38.9 Å².